The van der Waals surface area contributed by atoms with Gasteiger partial charge >= 0.3 is 5.97 Å². The number of nitrogens with zero attached hydrogens (tertiary/aromatic N) is 1. The third-order valence-electron chi connectivity index (χ3n) is 3.20. The predicted molar refractivity (Wildman–Crippen MR) is 53.2 cm³/mol. The first-order chi connectivity index (χ1) is 6.56. The normalized spacial score (nSPS) is 27.5. The van der Waals surface area contributed by atoms with Crippen molar-refractivity contribution in [3.8, 4) is 0 Å². The van der Waals surface area contributed by atoms with Crippen molar-refractivity contribution in [1.29, 1.82) is 0 Å². The molecule has 0 aromatic heterocycles. The minimum Gasteiger partial charge on any atom is -0.481 e. The second-order valence-corrected chi connectivity index (χ2v) is 4.00. The first kappa shape index (κ1) is 11.5. The monoisotopic (exact) mass is 201 g/mol. The van der Waals surface area contributed by atoms with E-state index in [0.29, 0.717) is 12.6 Å². The van der Waals surface area contributed by atoms with Gasteiger partial charge in [0.15, 0.2) is 0 Å². The van der Waals surface area contributed by atoms with E-state index >= 15 is 0 Å². The molecular formula is C10H19NO3. The number of carboxylic acids is 1. The van der Waals surface area contributed by atoms with Gasteiger partial charge < -0.3 is 9.84 Å². The Labute approximate surface area is 84.8 Å². The van der Waals surface area contributed by atoms with Crippen LogP contribution in [0.15, 0.2) is 0 Å². The fourth-order valence-electron chi connectivity index (χ4n) is 1.85. The predicted octanol–water partition coefficient (Wildman–Crippen LogP) is 0.816. The number of carbonyl (C=O) groups is 1. The zero-order chi connectivity index (χ0) is 10.7. The summed E-state index contributed by atoms with van der Waals surface area (Å²) >= 11 is 0. The number of rotatable bonds is 4. The molecule has 0 aromatic carbocycles. The molecule has 0 amide bonds. The summed E-state index contributed by atoms with van der Waals surface area (Å²) in [5, 5.41) is 8.85. The van der Waals surface area contributed by atoms with Gasteiger partial charge in [-0.15, -0.1) is 0 Å². The Morgan fingerprint density at radius 2 is 2.21 bits per heavy atom. The van der Waals surface area contributed by atoms with Crippen LogP contribution in [-0.2, 0) is 9.53 Å². The lowest BCUT2D eigenvalue weighted by molar-refractivity contribution is -0.141. The van der Waals surface area contributed by atoms with Gasteiger partial charge in [0.05, 0.1) is 12.0 Å². The summed E-state index contributed by atoms with van der Waals surface area (Å²) in [6, 6.07) is 0.296. The average molecular weight is 201 g/mol. The van der Waals surface area contributed by atoms with Crippen LogP contribution >= 0.6 is 0 Å². The maximum absolute atomic E-state index is 10.8. The summed E-state index contributed by atoms with van der Waals surface area (Å²) in [4.78, 5) is 12.9. The van der Waals surface area contributed by atoms with Gasteiger partial charge in [0, 0.05) is 19.7 Å². The molecule has 82 valence electrons. The van der Waals surface area contributed by atoms with Crippen LogP contribution in [0.1, 0.15) is 20.3 Å². The van der Waals surface area contributed by atoms with Crippen LogP contribution in [0, 0.1) is 5.92 Å². The van der Waals surface area contributed by atoms with Crippen LogP contribution in [0.2, 0.25) is 0 Å². The number of likely N-dealkylation sites (tertiary alicyclic amines) is 1. The SMILES string of the molecule is COC(C)C(C)N1CCC(C(=O)O)C1. The highest BCUT2D eigenvalue weighted by Crippen LogP contribution is 2.20. The molecule has 4 heteroatoms. The van der Waals surface area contributed by atoms with E-state index in [1.165, 1.54) is 0 Å². The molecule has 1 heterocycles. The van der Waals surface area contributed by atoms with Crippen molar-refractivity contribution in [1.82, 2.24) is 4.90 Å². The molecule has 0 aliphatic carbocycles. The lowest BCUT2D eigenvalue weighted by Gasteiger charge is -2.28. The van der Waals surface area contributed by atoms with Gasteiger partial charge in [0.1, 0.15) is 0 Å². The Balaban J connectivity index is 2.45. The third-order valence-corrected chi connectivity index (χ3v) is 3.20. The Morgan fingerprint density at radius 1 is 1.57 bits per heavy atom. The quantitative estimate of drug-likeness (QED) is 0.731. The molecule has 1 aliphatic rings. The van der Waals surface area contributed by atoms with E-state index < -0.39 is 5.97 Å². The van der Waals surface area contributed by atoms with Crippen LogP contribution in [0.25, 0.3) is 0 Å². The molecule has 3 atom stereocenters. The maximum Gasteiger partial charge on any atom is 0.307 e. The summed E-state index contributed by atoms with van der Waals surface area (Å²) in [6.45, 7) is 5.62. The second-order valence-electron chi connectivity index (χ2n) is 4.00. The molecule has 1 rings (SSSR count). The summed E-state index contributed by atoms with van der Waals surface area (Å²) in [6.07, 6.45) is 0.915. The number of carboxylic acid groups (broad SMARTS) is 1. The van der Waals surface area contributed by atoms with E-state index in [1.807, 2.05) is 6.92 Å². The summed E-state index contributed by atoms with van der Waals surface area (Å²) in [5.74, 6) is -0.869. The minimum absolute atomic E-state index is 0.155. The van der Waals surface area contributed by atoms with E-state index in [9.17, 15) is 4.79 Å². The van der Waals surface area contributed by atoms with Crippen molar-refractivity contribution in [3.05, 3.63) is 0 Å². The van der Waals surface area contributed by atoms with Gasteiger partial charge in [-0.1, -0.05) is 0 Å². The van der Waals surface area contributed by atoms with E-state index in [-0.39, 0.29) is 12.0 Å². The summed E-state index contributed by atoms with van der Waals surface area (Å²) in [7, 11) is 1.69. The minimum atomic E-state index is -0.676. The molecule has 1 fully saturated rings. The van der Waals surface area contributed by atoms with Gasteiger partial charge in [0.2, 0.25) is 0 Å². The fourth-order valence-corrected chi connectivity index (χ4v) is 1.85. The number of aliphatic carboxylic acids is 1. The number of hydrogen-bond acceptors (Lipinski definition) is 3. The first-order valence-corrected chi connectivity index (χ1v) is 5.06. The highest BCUT2D eigenvalue weighted by atomic mass is 16.5. The molecule has 3 unspecified atom stereocenters. The van der Waals surface area contributed by atoms with Crippen LogP contribution < -0.4 is 0 Å². The van der Waals surface area contributed by atoms with Gasteiger partial charge in [-0.25, -0.2) is 0 Å². The molecular weight excluding hydrogens is 182 g/mol. The van der Waals surface area contributed by atoms with Gasteiger partial charge in [-0.3, -0.25) is 9.69 Å². The lowest BCUT2D eigenvalue weighted by atomic mass is 10.1. The van der Waals surface area contributed by atoms with Crippen molar-refractivity contribution in [2.24, 2.45) is 5.92 Å². The number of methoxy groups -OCH3 is 1. The molecule has 0 bridgehead atoms. The molecule has 0 spiro atoms. The number of hydrogen-bond donors (Lipinski definition) is 1. The highest BCUT2D eigenvalue weighted by molar-refractivity contribution is 5.70. The van der Waals surface area contributed by atoms with Crippen molar-refractivity contribution in [3.63, 3.8) is 0 Å². The number of ether oxygens (including phenoxy) is 1. The van der Waals surface area contributed by atoms with E-state index in [0.717, 1.165) is 13.0 Å². The first-order valence-electron chi connectivity index (χ1n) is 5.06. The van der Waals surface area contributed by atoms with Gasteiger partial charge in [0.25, 0.3) is 0 Å². The summed E-state index contributed by atoms with van der Waals surface area (Å²) in [5.41, 5.74) is 0. The zero-order valence-corrected chi connectivity index (χ0v) is 9.06. The van der Waals surface area contributed by atoms with Gasteiger partial charge in [-0.2, -0.15) is 0 Å². The largest absolute Gasteiger partial charge is 0.481 e. The molecule has 1 saturated heterocycles. The Bertz CT molecular complexity index is 208. The van der Waals surface area contributed by atoms with Crippen LogP contribution in [0.3, 0.4) is 0 Å². The smallest absolute Gasteiger partial charge is 0.307 e. The van der Waals surface area contributed by atoms with Gasteiger partial charge in [-0.05, 0) is 26.8 Å². The van der Waals surface area contributed by atoms with Crippen molar-refractivity contribution in [2.45, 2.75) is 32.4 Å². The van der Waals surface area contributed by atoms with Crippen molar-refractivity contribution < 1.29 is 14.6 Å². The van der Waals surface area contributed by atoms with E-state index in [2.05, 4.69) is 11.8 Å². The average Bonchev–Trinajstić information content (AvgIpc) is 2.64. The molecule has 14 heavy (non-hydrogen) atoms. The Morgan fingerprint density at radius 3 is 2.64 bits per heavy atom. The van der Waals surface area contributed by atoms with Crippen LogP contribution in [-0.4, -0.2) is 48.3 Å². The topological polar surface area (TPSA) is 49.8 Å². The van der Waals surface area contributed by atoms with Crippen LogP contribution in [0.4, 0.5) is 0 Å². The molecule has 0 radical (unpaired) electrons. The van der Waals surface area contributed by atoms with Crippen LogP contribution in [0.5, 0.6) is 0 Å². The highest BCUT2D eigenvalue weighted by Gasteiger charge is 2.32. The fraction of sp³-hybridized carbons (Fsp3) is 0.900. The van der Waals surface area contributed by atoms with Crippen molar-refractivity contribution >= 4 is 5.97 Å². The zero-order valence-electron chi connectivity index (χ0n) is 9.06. The summed E-state index contributed by atoms with van der Waals surface area (Å²) < 4.78 is 5.23. The van der Waals surface area contributed by atoms with E-state index in [1.54, 1.807) is 7.11 Å². The maximum atomic E-state index is 10.8. The molecule has 0 aromatic rings. The Hall–Kier alpha value is -0.610. The molecule has 1 aliphatic heterocycles. The standard InChI is InChI=1S/C10H19NO3/c1-7(8(2)14-3)11-5-4-9(6-11)10(12)13/h7-9H,4-6H2,1-3H3,(H,12,13). The Kier molecular flexibility index (Phi) is 3.89. The lowest BCUT2D eigenvalue weighted by Crippen LogP contribution is -2.40. The van der Waals surface area contributed by atoms with E-state index in [4.69, 9.17) is 9.84 Å². The second kappa shape index (κ2) is 4.75. The molecule has 1 N–H and O–H groups in total. The third kappa shape index (κ3) is 2.45. The van der Waals surface area contributed by atoms with Crippen molar-refractivity contribution in [2.75, 3.05) is 20.2 Å². The molecule has 4 nitrogen and oxygen atoms in total. The molecule has 0 saturated carbocycles.